The van der Waals surface area contributed by atoms with Crippen LogP contribution >= 0.6 is 0 Å². The first-order valence-electron chi connectivity index (χ1n) is 9.74. The van der Waals surface area contributed by atoms with Gasteiger partial charge in [-0.25, -0.2) is 0 Å². The molecule has 1 unspecified atom stereocenters. The maximum Gasteiger partial charge on any atom is 0.290 e. The molecular formula is C24H22N2O3. The summed E-state index contributed by atoms with van der Waals surface area (Å²) in [7, 11) is 0. The van der Waals surface area contributed by atoms with E-state index in [1.54, 1.807) is 30.3 Å². The number of carbonyl (C=O) groups excluding carboxylic acids is 1. The molecule has 4 rings (SSSR count). The summed E-state index contributed by atoms with van der Waals surface area (Å²) in [5, 5.41) is 9.15. The Bertz CT molecular complexity index is 1060. The van der Waals surface area contributed by atoms with Crippen molar-refractivity contribution in [3.63, 3.8) is 0 Å². The van der Waals surface area contributed by atoms with Gasteiger partial charge in [0.1, 0.15) is 24.2 Å². The summed E-state index contributed by atoms with van der Waals surface area (Å²) in [6.07, 6.45) is 1.94. The molecule has 2 aromatic carbocycles. The lowest BCUT2D eigenvalue weighted by Gasteiger charge is -2.25. The van der Waals surface area contributed by atoms with Crippen molar-refractivity contribution in [3.8, 4) is 11.8 Å². The molecule has 1 atom stereocenters. The molecule has 0 bridgehead atoms. The van der Waals surface area contributed by atoms with Gasteiger partial charge in [0, 0.05) is 6.54 Å². The Morgan fingerprint density at radius 2 is 1.97 bits per heavy atom. The second kappa shape index (κ2) is 8.24. The predicted octanol–water partition coefficient (Wildman–Crippen LogP) is 5.02. The molecule has 1 amide bonds. The highest BCUT2D eigenvalue weighted by Crippen LogP contribution is 2.35. The number of aryl methyl sites for hydroxylation is 1. The first-order valence-corrected chi connectivity index (χ1v) is 9.74. The third-order valence-electron chi connectivity index (χ3n) is 5.31. The van der Waals surface area contributed by atoms with Crippen molar-refractivity contribution in [1.82, 2.24) is 4.90 Å². The lowest BCUT2D eigenvalue weighted by molar-refractivity contribution is 0.0699. The number of hydrogen-bond acceptors (Lipinski definition) is 4. The topological polar surface area (TPSA) is 66.5 Å². The van der Waals surface area contributed by atoms with Gasteiger partial charge < -0.3 is 14.1 Å². The largest absolute Gasteiger partial charge is 0.484 e. The van der Waals surface area contributed by atoms with Crippen molar-refractivity contribution < 1.29 is 13.9 Å². The van der Waals surface area contributed by atoms with Crippen LogP contribution in [0.4, 0.5) is 0 Å². The van der Waals surface area contributed by atoms with Crippen molar-refractivity contribution in [2.24, 2.45) is 0 Å². The number of hydrogen-bond donors (Lipinski definition) is 0. The Balaban J connectivity index is 1.47. The van der Waals surface area contributed by atoms with Gasteiger partial charge in [-0.3, -0.25) is 4.79 Å². The fraction of sp³-hybridized carbons (Fsp3) is 0.250. The minimum atomic E-state index is -0.0978. The molecule has 1 aromatic heterocycles. The molecule has 0 aliphatic carbocycles. The van der Waals surface area contributed by atoms with Gasteiger partial charge in [0.15, 0.2) is 5.76 Å². The average Bonchev–Trinajstić information content (AvgIpc) is 3.42. The number of rotatable bonds is 5. The maximum atomic E-state index is 13.1. The van der Waals surface area contributed by atoms with E-state index in [2.05, 4.69) is 25.1 Å². The number of likely N-dealkylation sites (tertiary alicyclic amines) is 1. The zero-order valence-electron chi connectivity index (χ0n) is 16.3. The molecule has 1 saturated heterocycles. The Labute approximate surface area is 170 Å². The second-order valence-corrected chi connectivity index (χ2v) is 7.18. The summed E-state index contributed by atoms with van der Waals surface area (Å²) in [4.78, 5) is 15.0. The van der Waals surface area contributed by atoms with Crippen LogP contribution in [0.3, 0.4) is 0 Å². The molecule has 0 saturated carbocycles. The molecule has 0 spiro atoms. The summed E-state index contributed by atoms with van der Waals surface area (Å²) in [5.74, 6) is 1.27. The van der Waals surface area contributed by atoms with Crippen LogP contribution in [0.15, 0.2) is 65.1 Å². The van der Waals surface area contributed by atoms with E-state index < -0.39 is 0 Å². The zero-order chi connectivity index (χ0) is 20.2. The van der Waals surface area contributed by atoms with Gasteiger partial charge in [-0.15, -0.1) is 0 Å². The third-order valence-corrected chi connectivity index (χ3v) is 5.31. The molecule has 1 fully saturated rings. The Kier molecular flexibility index (Phi) is 5.35. The fourth-order valence-electron chi connectivity index (χ4n) is 3.84. The highest BCUT2D eigenvalue weighted by atomic mass is 16.5. The predicted molar refractivity (Wildman–Crippen MR) is 108 cm³/mol. The summed E-state index contributed by atoms with van der Waals surface area (Å²) in [6, 6.07) is 20.9. The number of para-hydroxylation sites is 1. The zero-order valence-corrected chi connectivity index (χ0v) is 16.3. The number of nitriles is 1. The van der Waals surface area contributed by atoms with Crippen LogP contribution in [-0.2, 0) is 6.61 Å². The van der Waals surface area contributed by atoms with Crippen molar-refractivity contribution in [3.05, 3.63) is 88.9 Å². The van der Waals surface area contributed by atoms with Gasteiger partial charge in [0.25, 0.3) is 5.91 Å². The maximum absolute atomic E-state index is 13.1. The number of carbonyl (C=O) groups is 1. The number of furan rings is 1. The van der Waals surface area contributed by atoms with Crippen molar-refractivity contribution >= 4 is 5.91 Å². The molecule has 1 aliphatic rings. The molecule has 2 heterocycles. The lowest BCUT2D eigenvalue weighted by atomic mass is 9.99. The van der Waals surface area contributed by atoms with E-state index in [4.69, 9.17) is 14.4 Å². The molecule has 5 heteroatoms. The van der Waals surface area contributed by atoms with Gasteiger partial charge in [-0.1, -0.05) is 36.4 Å². The third kappa shape index (κ3) is 3.88. The SMILES string of the molecule is Cc1ccccc1C1CCCN1C(=O)c1ccc(COc2ccccc2C#N)o1. The molecular weight excluding hydrogens is 364 g/mol. The summed E-state index contributed by atoms with van der Waals surface area (Å²) in [6.45, 7) is 2.96. The smallest absolute Gasteiger partial charge is 0.290 e. The molecule has 29 heavy (non-hydrogen) atoms. The monoisotopic (exact) mass is 386 g/mol. The Morgan fingerprint density at radius 3 is 2.79 bits per heavy atom. The normalized spacial score (nSPS) is 15.9. The fourth-order valence-corrected chi connectivity index (χ4v) is 3.84. The molecule has 0 N–H and O–H groups in total. The molecule has 5 nitrogen and oxygen atoms in total. The second-order valence-electron chi connectivity index (χ2n) is 7.18. The van der Waals surface area contributed by atoms with E-state index in [0.29, 0.717) is 22.8 Å². The summed E-state index contributed by atoms with van der Waals surface area (Å²) >= 11 is 0. The van der Waals surface area contributed by atoms with E-state index in [-0.39, 0.29) is 18.6 Å². The summed E-state index contributed by atoms with van der Waals surface area (Å²) < 4.78 is 11.5. The molecule has 3 aromatic rings. The standard InChI is InChI=1S/C24H22N2O3/c1-17-7-2-4-9-20(17)21-10-6-14-26(21)24(27)23-13-12-19(29-23)16-28-22-11-5-3-8-18(22)15-25/h2-5,7-9,11-13,21H,6,10,14,16H2,1H3. The van der Waals surface area contributed by atoms with E-state index in [0.717, 1.165) is 19.4 Å². The first kappa shape index (κ1) is 18.8. The van der Waals surface area contributed by atoms with E-state index >= 15 is 0 Å². The number of nitrogens with zero attached hydrogens (tertiary/aromatic N) is 2. The Hall–Kier alpha value is -3.52. The molecule has 0 radical (unpaired) electrons. The van der Waals surface area contributed by atoms with Gasteiger partial charge in [-0.05, 0) is 55.2 Å². The average molecular weight is 386 g/mol. The van der Waals surface area contributed by atoms with Crippen LogP contribution in [0.25, 0.3) is 0 Å². The summed E-state index contributed by atoms with van der Waals surface area (Å²) in [5.41, 5.74) is 2.86. The van der Waals surface area contributed by atoms with Gasteiger partial charge in [0.05, 0.1) is 11.6 Å². The first-order chi connectivity index (χ1) is 14.2. The number of amides is 1. The van der Waals surface area contributed by atoms with Crippen molar-refractivity contribution in [2.75, 3.05) is 6.54 Å². The minimum absolute atomic E-state index is 0.0796. The van der Waals surface area contributed by atoms with Crippen LogP contribution < -0.4 is 4.74 Å². The van der Waals surface area contributed by atoms with Crippen molar-refractivity contribution in [1.29, 1.82) is 5.26 Å². The Morgan fingerprint density at radius 1 is 1.17 bits per heavy atom. The number of benzene rings is 2. The lowest BCUT2D eigenvalue weighted by Crippen LogP contribution is -2.30. The highest BCUT2D eigenvalue weighted by Gasteiger charge is 2.32. The van der Waals surface area contributed by atoms with E-state index in [9.17, 15) is 4.79 Å². The van der Waals surface area contributed by atoms with Gasteiger partial charge in [-0.2, -0.15) is 5.26 Å². The number of ether oxygens (including phenoxy) is 1. The van der Waals surface area contributed by atoms with Crippen LogP contribution in [0.5, 0.6) is 5.75 Å². The van der Waals surface area contributed by atoms with E-state index in [1.165, 1.54) is 11.1 Å². The van der Waals surface area contributed by atoms with Crippen LogP contribution in [0.1, 0.15) is 51.9 Å². The van der Waals surface area contributed by atoms with E-state index in [1.807, 2.05) is 23.1 Å². The van der Waals surface area contributed by atoms with Crippen LogP contribution in [0, 0.1) is 18.3 Å². The minimum Gasteiger partial charge on any atom is -0.484 e. The molecule has 146 valence electrons. The van der Waals surface area contributed by atoms with Crippen molar-refractivity contribution in [2.45, 2.75) is 32.4 Å². The molecule has 1 aliphatic heterocycles. The van der Waals surface area contributed by atoms with Crippen LogP contribution in [0.2, 0.25) is 0 Å². The van der Waals surface area contributed by atoms with Gasteiger partial charge >= 0.3 is 0 Å². The highest BCUT2D eigenvalue weighted by molar-refractivity contribution is 5.92. The van der Waals surface area contributed by atoms with Gasteiger partial charge in [0.2, 0.25) is 0 Å². The van der Waals surface area contributed by atoms with Crippen LogP contribution in [-0.4, -0.2) is 17.4 Å². The quantitative estimate of drug-likeness (QED) is 0.618.